The number of ether oxygens (including phenoxy) is 1. The number of rotatable bonds is 5. The molecule has 0 aliphatic heterocycles. The smallest absolute Gasteiger partial charge is 0.282 e. The highest BCUT2D eigenvalue weighted by Crippen LogP contribution is 2.37. The highest BCUT2D eigenvalue weighted by Gasteiger charge is 2.28. The molecule has 146 valence electrons. The maximum Gasteiger partial charge on any atom is 0.282 e. The van der Waals surface area contributed by atoms with E-state index in [2.05, 4.69) is 5.10 Å². The first-order valence-electron chi connectivity index (χ1n) is 7.91. The SMILES string of the molecule is Cn1nc(C(F)F)c(C(=O)NN)c1-c1ccc(Oc2c(Cl)cccc2Cl)cc1. The van der Waals surface area contributed by atoms with Crippen LogP contribution >= 0.6 is 23.2 Å². The van der Waals surface area contributed by atoms with Gasteiger partial charge in [-0.2, -0.15) is 5.10 Å². The van der Waals surface area contributed by atoms with Crippen molar-refractivity contribution in [1.29, 1.82) is 0 Å². The number of carbonyl (C=O) groups is 1. The number of amides is 1. The molecule has 1 amide bonds. The van der Waals surface area contributed by atoms with Gasteiger partial charge in [0, 0.05) is 12.6 Å². The molecule has 3 N–H and O–H groups in total. The molecule has 28 heavy (non-hydrogen) atoms. The lowest BCUT2D eigenvalue weighted by Gasteiger charge is -2.11. The van der Waals surface area contributed by atoms with Crippen molar-refractivity contribution in [2.45, 2.75) is 6.43 Å². The first-order chi connectivity index (χ1) is 13.3. The molecule has 0 spiro atoms. The molecular weight excluding hydrogens is 413 g/mol. The van der Waals surface area contributed by atoms with Crippen LogP contribution < -0.4 is 16.0 Å². The van der Waals surface area contributed by atoms with Crippen LogP contribution in [0, 0.1) is 0 Å². The molecule has 0 unspecified atom stereocenters. The number of nitrogens with two attached hydrogens (primary N) is 1. The second-order valence-corrected chi connectivity index (χ2v) is 6.50. The van der Waals surface area contributed by atoms with Crippen LogP contribution in [0.2, 0.25) is 10.0 Å². The van der Waals surface area contributed by atoms with Crippen LogP contribution in [0.15, 0.2) is 42.5 Å². The summed E-state index contributed by atoms with van der Waals surface area (Å²) in [6.45, 7) is 0. The Kier molecular flexibility index (Phi) is 5.83. The first-order valence-corrected chi connectivity index (χ1v) is 8.67. The Morgan fingerprint density at radius 1 is 1.18 bits per heavy atom. The summed E-state index contributed by atoms with van der Waals surface area (Å²) in [5.74, 6) is 4.99. The van der Waals surface area contributed by atoms with E-state index in [1.807, 2.05) is 5.43 Å². The molecule has 6 nitrogen and oxygen atoms in total. The third-order valence-electron chi connectivity index (χ3n) is 3.91. The second-order valence-electron chi connectivity index (χ2n) is 5.68. The Morgan fingerprint density at radius 2 is 1.79 bits per heavy atom. The number of hydrazine groups is 1. The Balaban J connectivity index is 1.99. The highest BCUT2D eigenvalue weighted by molar-refractivity contribution is 6.37. The predicted molar refractivity (Wildman–Crippen MR) is 102 cm³/mol. The van der Waals surface area contributed by atoms with E-state index in [4.69, 9.17) is 33.8 Å². The van der Waals surface area contributed by atoms with Gasteiger partial charge in [-0.3, -0.25) is 14.9 Å². The van der Waals surface area contributed by atoms with Gasteiger partial charge in [0.1, 0.15) is 11.4 Å². The fraction of sp³-hybridized carbons (Fsp3) is 0.111. The number of nitrogens with zero attached hydrogens (tertiary/aromatic N) is 2. The van der Waals surface area contributed by atoms with Gasteiger partial charge in [-0.15, -0.1) is 0 Å². The van der Waals surface area contributed by atoms with Crippen LogP contribution in [0.25, 0.3) is 11.3 Å². The number of benzene rings is 2. The summed E-state index contributed by atoms with van der Waals surface area (Å²) >= 11 is 12.2. The zero-order valence-electron chi connectivity index (χ0n) is 14.4. The van der Waals surface area contributed by atoms with E-state index in [-0.39, 0.29) is 11.3 Å². The van der Waals surface area contributed by atoms with Gasteiger partial charge in [-0.1, -0.05) is 29.3 Å². The van der Waals surface area contributed by atoms with E-state index >= 15 is 0 Å². The van der Waals surface area contributed by atoms with Crippen molar-refractivity contribution in [1.82, 2.24) is 15.2 Å². The summed E-state index contributed by atoms with van der Waals surface area (Å²) in [6.07, 6.45) is -2.93. The maximum atomic E-state index is 13.3. The first kappa shape index (κ1) is 20.1. The average molecular weight is 427 g/mol. The van der Waals surface area contributed by atoms with Crippen LogP contribution in [0.5, 0.6) is 11.5 Å². The molecule has 0 atom stereocenters. The van der Waals surface area contributed by atoms with Crippen LogP contribution in [-0.2, 0) is 7.05 Å². The van der Waals surface area contributed by atoms with E-state index in [0.717, 1.165) is 0 Å². The molecule has 0 saturated carbocycles. The van der Waals surface area contributed by atoms with Gasteiger partial charge < -0.3 is 4.74 Å². The minimum Gasteiger partial charge on any atom is -0.454 e. The van der Waals surface area contributed by atoms with Crippen molar-refractivity contribution in [3.63, 3.8) is 0 Å². The molecule has 10 heteroatoms. The number of hydrogen-bond donors (Lipinski definition) is 2. The van der Waals surface area contributed by atoms with Gasteiger partial charge in [0.05, 0.1) is 21.3 Å². The molecule has 1 heterocycles. The molecule has 0 aliphatic rings. The fourth-order valence-corrected chi connectivity index (χ4v) is 3.18. The molecular formula is C18H14Cl2F2N4O2. The van der Waals surface area contributed by atoms with Gasteiger partial charge in [-0.25, -0.2) is 14.6 Å². The molecule has 0 aliphatic carbocycles. The molecule has 3 rings (SSSR count). The highest BCUT2D eigenvalue weighted by atomic mass is 35.5. The average Bonchev–Trinajstić information content (AvgIpc) is 3.02. The van der Waals surface area contributed by atoms with E-state index < -0.39 is 18.0 Å². The maximum absolute atomic E-state index is 13.3. The van der Waals surface area contributed by atoms with E-state index in [0.29, 0.717) is 27.1 Å². The molecule has 0 bridgehead atoms. The Hall–Kier alpha value is -2.68. The Labute approximate surface area is 168 Å². The van der Waals surface area contributed by atoms with E-state index in [9.17, 15) is 13.6 Å². The van der Waals surface area contributed by atoms with Crippen LogP contribution in [0.3, 0.4) is 0 Å². The Morgan fingerprint density at radius 3 is 2.32 bits per heavy atom. The lowest BCUT2D eigenvalue weighted by atomic mass is 10.0. The molecule has 0 radical (unpaired) electrons. The topological polar surface area (TPSA) is 82.2 Å². The zero-order valence-corrected chi connectivity index (χ0v) is 15.9. The molecule has 0 fully saturated rings. The van der Waals surface area contributed by atoms with E-state index in [1.54, 1.807) is 42.5 Å². The molecule has 0 saturated heterocycles. The van der Waals surface area contributed by atoms with Crippen molar-refractivity contribution in [2.24, 2.45) is 12.9 Å². The summed E-state index contributed by atoms with van der Waals surface area (Å²) in [5.41, 5.74) is 1.60. The summed E-state index contributed by atoms with van der Waals surface area (Å²) in [4.78, 5) is 12.1. The summed E-state index contributed by atoms with van der Waals surface area (Å²) in [7, 11) is 1.46. The number of nitrogens with one attached hydrogen (secondary N) is 1. The van der Waals surface area contributed by atoms with Crippen molar-refractivity contribution >= 4 is 29.1 Å². The number of halogens is 4. The standard InChI is InChI=1S/C18H14Cl2F2N4O2/c1-26-15(13(18(27)24-23)14(25-26)17(21)22)9-5-7-10(8-6-9)28-16-11(19)3-2-4-12(16)20/h2-8,17H,23H2,1H3,(H,24,27). The normalized spacial score (nSPS) is 11.0. The largest absolute Gasteiger partial charge is 0.454 e. The lowest BCUT2D eigenvalue weighted by Crippen LogP contribution is -2.31. The monoisotopic (exact) mass is 426 g/mol. The minimum atomic E-state index is -2.93. The number of carbonyl (C=O) groups excluding carboxylic acids is 1. The zero-order chi connectivity index (χ0) is 20.4. The number of alkyl halides is 2. The van der Waals surface area contributed by atoms with Crippen molar-refractivity contribution in [3.8, 4) is 22.8 Å². The number of hydrogen-bond acceptors (Lipinski definition) is 4. The summed E-state index contributed by atoms with van der Waals surface area (Å²) in [6, 6.07) is 11.3. The minimum absolute atomic E-state index is 0.195. The summed E-state index contributed by atoms with van der Waals surface area (Å²) in [5, 5.41) is 4.43. The molecule has 2 aromatic carbocycles. The number of aromatic nitrogens is 2. The number of aryl methyl sites for hydroxylation is 1. The van der Waals surface area contributed by atoms with Gasteiger partial charge in [0.2, 0.25) is 0 Å². The quantitative estimate of drug-likeness (QED) is 0.351. The van der Waals surface area contributed by atoms with Gasteiger partial charge in [-0.05, 0) is 36.4 Å². The van der Waals surface area contributed by atoms with Crippen molar-refractivity contribution in [3.05, 3.63) is 63.8 Å². The number of para-hydroxylation sites is 1. The Bertz CT molecular complexity index is 1000. The van der Waals surface area contributed by atoms with Gasteiger partial charge in [0.15, 0.2) is 5.75 Å². The predicted octanol–water partition coefficient (Wildman–Crippen LogP) is 4.73. The summed E-state index contributed by atoms with van der Waals surface area (Å²) < 4.78 is 33.4. The lowest BCUT2D eigenvalue weighted by molar-refractivity contribution is 0.0939. The van der Waals surface area contributed by atoms with Crippen molar-refractivity contribution < 1.29 is 18.3 Å². The fourth-order valence-electron chi connectivity index (χ4n) is 2.70. The third kappa shape index (κ3) is 3.80. The van der Waals surface area contributed by atoms with Crippen LogP contribution in [0.4, 0.5) is 8.78 Å². The molecule has 1 aromatic heterocycles. The van der Waals surface area contributed by atoms with Crippen molar-refractivity contribution in [2.75, 3.05) is 0 Å². The second kappa shape index (κ2) is 8.14. The van der Waals surface area contributed by atoms with Crippen LogP contribution in [-0.4, -0.2) is 15.7 Å². The molecule has 3 aromatic rings. The van der Waals surface area contributed by atoms with Gasteiger partial charge >= 0.3 is 0 Å². The third-order valence-corrected chi connectivity index (χ3v) is 4.50. The number of nitrogen functional groups attached to an aromatic ring is 1. The van der Waals surface area contributed by atoms with Gasteiger partial charge in [0.25, 0.3) is 12.3 Å². The van der Waals surface area contributed by atoms with E-state index in [1.165, 1.54) is 11.7 Å². The van der Waals surface area contributed by atoms with Crippen LogP contribution in [0.1, 0.15) is 22.5 Å².